The van der Waals surface area contributed by atoms with E-state index in [-0.39, 0.29) is 5.69 Å². The Balaban J connectivity index is 1.97. The zero-order valence-electron chi connectivity index (χ0n) is 13.7. The molecule has 1 aromatic carbocycles. The maximum absolute atomic E-state index is 12.0. The van der Waals surface area contributed by atoms with Crippen molar-refractivity contribution in [2.24, 2.45) is 0 Å². The third-order valence-corrected chi connectivity index (χ3v) is 3.75. The molecule has 1 amide bonds. The number of amides is 1. The zero-order valence-corrected chi connectivity index (χ0v) is 13.7. The lowest BCUT2D eigenvalue weighted by Crippen LogP contribution is -2.35. The number of pyridine rings is 1. The standard InChI is InChI=1S/C18H20N2O4/c1-3-13(2)14-8-4-5-9-15(14)19-17(21)12-24-18(22)16-10-6-7-11-20(16)23/h4-11,13H,3,12H2,1-2H3,(H,19,21)/t13-/m1/s1. The molecule has 1 N–H and O–H groups in total. The molecule has 0 unspecified atom stereocenters. The Hall–Kier alpha value is -2.89. The van der Waals surface area contributed by atoms with Crippen LogP contribution in [0, 0.1) is 5.21 Å². The third kappa shape index (κ3) is 4.32. The monoisotopic (exact) mass is 328 g/mol. The van der Waals surface area contributed by atoms with Gasteiger partial charge in [0.25, 0.3) is 5.91 Å². The van der Waals surface area contributed by atoms with Crippen LogP contribution >= 0.6 is 0 Å². The van der Waals surface area contributed by atoms with E-state index in [0.717, 1.165) is 12.0 Å². The molecule has 0 saturated carbocycles. The molecule has 0 aliphatic rings. The summed E-state index contributed by atoms with van der Waals surface area (Å²) in [5, 5.41) is 14.2. The highest BCUT2D eigenvalue weighted by Crippen LogP contribution is 2.26. The number of hydrogen-bond acceptors (Lipinski definition) is 4. The van der Waals surface area contributed by atoms with Gasteiger partial charge in [-0.25, -0.2) is 4.79 Å². The molecule has 24 heavy (non-hydrogen) atoms. The van der Waals surface area contributed by atoms with Crippen molar-refractivity contribution in [2.75, 3.05) is 11.9 Å². The van der Waals surface area contributed by atoms with Gasteiger partial charge in [-0.3, -0.25) is 4.79 Å². The summed E-state index contributed by atoms with van der Waals surface area (Å²) in [7, 11) is 0. The number of rotatable bonds is 6. The van der Waals surface area contributed by atoms with Crippen LogP contribution in [0.1, 0.15) is 42.2 Å². The molecule has 0 spiro atoms. The number of nitrogens with zero attached hydrogens (tertiary/aromatic N) is 1. The predicted octanol–water partition coefficient (Wildman–Crippen LogP) is 2.63. The average molecular weight is 328 g/mol. The third-order valence-electron chi connectivity index (χ3n) is 3.75. The van der Waals surface area contributed by atoms with Gasteiger partial charge in [0, 0.05) is 17.8 Å². The predicted molar refractivity (Wildman–Crippen MR) is 89.5 cm³/mol. The van der Waals surface area contributed by atoms with Crippen molar-refractivity contribution < 1.29 is 19.1 Å². The SMILES string of the molecule is CC[C@@H](C)c1ccccc1NC(=O)COC(=O)c1cccc[n+]1[O-]. The van der Waals surface area contributed by atoms with Crippen molar-refractivity contribution in [3.8, 4) is 0 Å². The summed E-state index contributed by atoms with van der Waals surface area (Å²) in [6.45, 7) is 3.69. The van der Waals surface area contributed by atoms with Crippen LogP contribution in [-0.4, -0.2) is 18.5 Å². The van der Waals surface area contributed by atoms with Gasteiger partial charge < -0.3 is 15.3 Å². The summed E-state index contributed by atoms with van der Waals surface area (Å²) in [6, 6.07) is 11.9. The van der Waals surface area contributed by atoms with Crippen LogP contribution in [0.4, 0.5) is 5.69 Å². The van der Waals surface area contributed by atoms with E-state index in [0.29, 0.717) is 16.3 Å². The van der Waals surface area contributed by atoms with Gasteiger partial charge in [-0.05, 0) is 30.0 Å². The Morgan fingerprint density at radius 2 is 1.92 bits per heavy atom. The first-order valence-corrected chi connectivity index (χ1v) is 7.77. The topological polar surface area (TPSA) is 82.3 Å². The van der Waals surface area contributed by atoms with Crippen LogP contribution in [0.15, 0.2) is 48.7 Å². The van der Waals surface area contributed by atoms with Gasteiger partial charge in [-0.15, -0.1) is 0 Å². The second-order valence-corrected chi connectivity index (χ2v) is 5.43. The molecular weight excluding hydrogens is 308 g/mol. The van der Waals surface area contributed by atoms with Crippen LogP contribution in [0.3, 0.4) is 0 Å². The van der Waals surface area contributed by atoms with Crippen molar-refractivity contribution in [1.29, 1.82) is 0 Å². The molecule has 1 heterocycles. The highest BCUT2D eigenvalue weighted by molar-refractivity contribution is 5.95. The van der Waals surface area contributed by atoms with E-state index in [1.165, 1.54) is 18.3 Å². The Morgan fingerprint density at radius 1 is 1.21 bits per heavy atom. The van der Waals surface area contributed by atoms with Crippen LogP contribution in [0.5, 0.6) is 0 Å². The largest absolute Gasteiger partial charge is 0.618 e. The highest BCUT2D eigenvalue weighted by Gasteiger charge is 2.18. The van der Waals surface area contributed by atoms with E-state index in [9.17, 15) is 14.8 Å². The molecular formula is C18H20N2O4. The fourth-order valence-corrected chi connectivity index (χ4v) is 2.24. The van der Waals surface area contributed by atoms with Gasteiger partial charge >= 0.3 is 11.7 Å². The summed E-state index contributed by atoms with van der Waals surface area (Å²) in [4.78, 5) is 23.8. The fourth-order valence-electron chi connectivity index (χ4n) is 2.24. The Morgan fingerprint density at radius 3 is 2.62 bits per heavy atom. The molecule has 2 rings (SSSR count). The molecule has 126 valence electrons. The molecule has 2 aromatic rings. The van der Waals surface area contributed by atoms with Gasteiger partial charge in [0.1, 0.15) is 0 Å². The van der Waals surface area contributed by atoms with Crippen molar-refractivity contribution in [1.82, 2.24) is 0 Å². The van der Waals surface area contributed by atoms with Crippen LogP contribution < -0.4 is 10.0 Å². The number of hydrogen-bond donors (Lipinski definition) is 1. The average Bonchev–Trinajstić information content (AvgIpc) is 2.60. The van der Waals surface area contributed by atoms with E-state index < -0.39 is 18.5 Å². The minimum Gasteiger partial charge on any atom is -0.618 e. The van der Waals surface area contributed by atoms with Gasteiger partial charge in [0.2, 0.25) is 0 Å². The number of nitrogens with one attached hydrogen (secondary N) is 1. The number of para-hydroxylation sites is 1. The van der Waals surface area contributed by atoms with E-state index in [2.05, 4.69) is 19.2 Å². The Labute approximate surface area is 140 Å². The lowest BCUT2D eigenvalue weighted by atomic mass is 9.97. The van der Waals surface area contributed by atoms with Gasteiger partial charge in [0.05, 0.1) is 0 Å². The minimum atomic E-state index is -0.837. The van der Waals surface area contributed by atoms with Crippen molar-refractivity contribution in [3.63, 3.8) is 0 Å². The lowest BCUT2D eigenvalue weighted by Gasteiger charge is -2.15. The number of carbonyl (C=O) groups excluding carboxylic acids is 2. The molecule has 6 nitrogen and oxygen atoms in total. The van der Waals surface area contributed by atoms with E-state index in [1.54, 1.807) is 6.07 Å². The first-order chi connectivity index (χ1) is 11.5. The van der Waals surface area contributed by atoms with E-state index >= 15 is 0 Å². The number of carbonyl (C=O) groups is 2. The maximum atomic E-state index is 12.0. The number of aromatic nitrogens is 1. The Kier molecular flexibility index (Phi) is 5.89. The number of ether oxygens (including phenoxy) is 1. The second kappa shape index (κ2) is 8.10. The Bertz CT molecular complexity index is 730. The van der Waals surface area contributed by atoms with Crippen LogP contribution in [-0.2, 0) is 9.53 Å². The summed E-state index contributed by atoms with van der Waals surface area (Å²) in [5.74, 6) is -0.990. The molecule has 0 aliphatic carbocycles. The normalized spacial score (nSPS) is 11.6. The molecule has 0 fully saturated rings. The van der Waals surface area contributed by atoms with Crippen molar-refractivity contribution >= 4 is 17.6 Å². The number of anilines is 1. The zero-order chi connectivity index (χ0) is 17.5. The van der Waals surface area contributed by atoms with E-state index in [4.69, 9.17) is 4.74 Å². The van der Waals surface area contributed by atoms with Crippen LogP contribution in [0.2, 0.25) is 0 Å². The van der Waals surface area contributed by atoms with Gasteiger partial charge in [0.15, 0.2) is 12.8 Å². The highest BCUT2D eigenvalue weighted by atomic mass is 16.5. The molecule has 6 heteroatoms. The van der Waals surface area contributed by atoms with Crippen LogP contribution in [0.25, 0.3) is 0 Å². The minimum absolute atomic E-state index is 0.162. The lowest BCUT2D eigenvalue weighted by molar-refractivity contribution is -0.608. The number of benzene rings is 1. The smallest absolute Gasteiger partial charge is 0.405 e. The summed E-state index contributed by atoms with van der Waals surface area (Å²) < 4.78 is 5.30. The van der Waals surface area contributed by atoms with Gasteiger partial charge in [-0.2, -0.15) is 4.73 Å². The first kappa shape index (κ1) is 17.5. The molecule has 1 atom stereocenters. The maximum Gasteiger partial charge on any atom is 0.405 e. The molecule has 0 aliphatic heterocycles. The molecule has 0 saturated heterocycles. The van der Waals surface area contributed by atoms with Gasteiger partial charge in [-0.1, -0.05) is 32.0 Å². The summed E-state index contributed by atoms with van der Waals surface area (Å²) >= 11 is 0. The molecule has 0 bridgehead atoms. The summed E-state index contributed by atoms with van der Waals surface area (Å²) in [6.07, 6.45) is 2.14. The first-order valence-electron chi connectivity index (χ1n) is 7.77. The van der Waals surface area contributed by atoms with E-state index in [1.807, 2.05) is 24.3 Å². The fraction of sp³-hybridized carbons (Fsp3) is 0.278. The summed E-state index contributed by atoms with van der Waals surface area (Å²) in [5.41, 5.74) is 1.57. The van der Waals surface area contributed by atoms with Crippen molar-refractivity contribution in [2.45, 2.75) is 26.2 Å². The second-order valence-electron chi connectivity index (χ2n) is 5.43. The molecule has 0 radical (unpaired) electrons. The number of esters is 1. The molecule has 1 aromatic heterocycles. The quantitative estimate of drug-likeness (QED) is 0.502. The van der Waals surface area contributed by atoms with Crippen molar-refractivity contribution in [3.05, 3.63) is 65.1 Å².